The van der Waals surface area contributed by atoms with Crippen molar-refractivity contribution in [3.63, 3.8) is 0 Å². The Morgan fingerprint density at radius 2 is 2.25 bits per heavy atom. The van der Waals surface area contributed by atoms with E-state index in [1.54, 1.807) is 0 Å². The maximum Gasteiger partial charge on any atom is 0.0985 e. The first kappa shape index (κ1) is 10.2. The molecule has 3 heteroatoms. The standard InChI is InChI=1S/C13H16N2S/c1-8-4-3-5-11-12(8)15-13(16-11)10-7-14-6-9(10)2/h3-5,9-10,14H,6-7H2,1-2H3. The number of fused-ring (bicyclic) bond motifs is 1. The molecule has 0 spiro atoms. The molecule has 2 unspecified atom stereocenters. The molecule has 0 radical (unpaired) electrons. The lowest BCUT2D eigenvalue weighted by Gasteiger charge is -2.09. The van der Waals surface area contributed by atoms with E-state index in [4.69, 9.17) is 4.98 Å². The molecule has 1 saturated heterocycles. The normalized spacial score (nSPS) is 25.4. The molecule has 1 fully saturated rings. The summed E-state index contributed by atoms with van der Waals surface area (Å²) in [7, 11) is 0. The van der Waals surface area contributed by atoms with E-state index >= 15 is 0 Å². The molecule has 1 aromatic carbocycles. The minimum atomic E-state index is 0.608. The monoisotopic (exact) mass is 232 g/mol. The van der Waals surface area contributed by atoms with Gasteiger partial charge in [-0.3, -0.25) is 0 Å². The van der Waals surface area contributed by atoms with Crippen LogP contribution >= 0.6 is 11.3 Å². The molecule has 3 rings (SSSR count). The number of hydrogen-bond acceptors (Lipinski definition) is 3. The lowest BCUT2D eigenvalue weighted by molar-refractivity contribution is 0.570. The van der Waals surface area contributed by atoms with E-state index in [1.165, 1.54) is 20.8 Å². The lowest BCUT2D eigenvalue weighted by atomic mass is 9.99. The molecular weight excluding hydrogens is 216 g/mol. The molecule has 0 bridgehead atoms. The van der Waals surface area contributed by atoms with Crippen molar-refractivity contribution in [2.45, 2.75) is 19.8 Å². The van der Waals surface area contributed by atoms with Crippen molar-refractivity contribution < 1.29 is 0 Å². The molecule has 1 N–H and O–H groups in total. The quantitative estimate of drug-likeness (QED) is 0.817. The third kappa shape index (κ3) is 1.55. The Kier molecular flexibility index (Phi) is 2.45. The molecule has 2 atom stereocenters. The van der Waals surface area contributed by atoms with Crippen molar-refractivity contribution in [3.05, 3.63) is 28.8 Å². The number of hydrogen-bond donors (Lipinski definition) is 1. The van der Waals surface area contributed by atoms with Gasteiger partial charge in [-0.05, 0) is 31.0 Å². The van der Waals surface area contributed by atoms with E-state index in [9.17, 15) is 0 Å². The molecular formula is C13H16N2S. The predicted octanol–water partition coefficient (Wildman–Crippen LogP) is 2.93. The Morgan fingerprint density at radius 3 is 2.94 bits per heavy atom. The lowest BCUT2D eigenvalue weighted by Crippen LogP contribution is -2.07. The van der Waals surface area contributed by atoms with E-state index < -0.39 is 0 Å². The summed E-state index contributed by atoms with van der Waals surface area (Å²) in [6.07, 6.45) is 0. The van der Waals surface area contributed by atoms with Gasteiger partial charge < -0.3 is 5.32 Å². The van der Waals surface area contributed by atoms with E-state index in [0.29, 0.717) is 11.8 Å². The van der Waals surface area contributed by atoms with Crippen LogP contribution in [-0.4, -0.2) is 18.1 Å². The van der Waals surface area contributed by atoms with Crippen LogP contribution in [0.15, 0.2) is 18.2 Å². The summed E-state index contributed by atoms with van der Waals surface area (Å²) >= 11 is 1.86. The molecule has 2 nitrogen and oxygen atoms in total. The topological polar surface area (TPSA) is 24.9 Å². The number of nitrogens with one attached hydrogen (secondary N) is 1. The van der Waals surface area contributed by atoms with Crippen LogP contribution in [0.4, 0.5) is 0 Å². The molecule has 1 aliphatic heterocycles. The van der Waals surface area contributed by atoms with Gasteiger partial charge in [-0.1, -0.05) is 19.1 Å². The van der Waals surface area contributed by atoms with Crippen LogP contribution in [0.1, 0.15) is 23.4 Å². The zero-order valence-corrected chi connectivity index (χ0v) is 10.5. The van der Waals surface area contributed by atoms with Gasteiger partial charge in [0.15, 0.2) is 0 Å². The van der Waals surface area contributed by atoms with Crippen molar-refractivity contribution in [3.8, 4) is 0 Å². The van der Waals surface area contributed by atoms with Gasteiger partial charge in [-0.2, -0.15) is 0 Å². The fraction of sp³-hybridized carbons (Fsp3) is 0.462. The Morgan fingerprint density at radius 1 is 1.38 bits per heavy atom. The third-order valence-electron chi connectivity index (χ3n) is 3.47. The summed E-state index contributed by atoms with van der Waals surface area (Å²) in [4.78, 5) is 4.82. The van der Waals surface area contributed by atoms with Crippen LogP contribution in [-0.2, 0) is 0 Å². The maximum absolute atomic E-state index is 4.82. The highest BCUT2D eigenvalue weighted by molar-refractivity contribution is 7.18. The van der Waals surface area contributed by atoms with Gasteiger partial charge in [0, 0.05) is 12.5 Å². The van der Waals surface area contributed by atoms with Gasteiger partial charge in [0.2, 0.25) is 0 Å². The van der Waals surface area contributed by atoms with Gasteiger partial charge in [0.25, 0.3) is 0 Å². The molecule has 0 saturated carbocycles. The molecule has 0 amide bonds. The zero-order chi connectivity index (χ0) is 11.1. The summed E-state index contributed by atoms with van der Waals surface area (Å²) in [5.74, 6) is 1.32. The second-order valence-corrected chi connectivity index (χ2v) is 5.78. The molecule has 1 aliphatic rings. The number of nitrogens with zero attached hydrogens (tertiary/aromatic N) is 1. The Bertz CT molecular complexity index is 518. The van der Waals surface area contributed by atoms with Crippen LogP contribution in [0, 0.1) is 12.8 Å². The first-order valence-corrected chi connectivity index (χ1v) is 6.64. The largest absolute Gasteiger partial charge is 0.316 e. The van der Waals surface area contributed by atoms with Crippen molar-refractivity contribution in [1.29, 1.82) is 0 Å². The first-order valence-electron chi connectivity index (χ1n) is 5.82. The molecule has 1 aromatic heterocycles. The highest BCUT2D eigenvalue weighted by atomic mass is 32.1. The molecule has 2 aromatic rings. The van der Waals surface area contributed by atoms with Crippen molar-refractivity contribution in [2.24, 2.45) is 5.92 Å². The van der Waals surface area contributed by atoms with Crippen LogP contribution < -0.4 is 5.32 Å². The second-order valence-electron chi connectivity index (χ2n) is 4.72. The number of aryl methyl sites for hydroxylation is 1. The summed E-state index contributed by atoms with van der Waals surface area (Å²) in [5.41, 5.74) is 2.49. The Labute approximate surface area is 99.7 Å². The van der Waals surface area contributed by atoms with E-state index in [-0.39, 0.29) is 0 Å². The van der Waals surface area contributed by atoms with Crippen molar-refractivity contribution >= 4 is 21.6 Å². The van der Waals surface area contributed by atoms with Crippen LogP contribution in [0.2, 0.25) is 0 Å². The SMILES string of the molecule is Cc1cccc2sc(C3CNCC3C)nc12. The number of rotatable bonds is 1. The van der Waals surface area contributed by atoms with Crippen molar-refractivity contribution in [1.82, 2.24) is 10.3 Å². The third-order valence-corrected chi connectivity index (χ3v) is 4.62. The maximum atomic E-state index is 4.82. The Hall–Kier alpha value is -0.930. The summed E-state index contributed by atoms with van der Waals surface area (Å²) < 4.78 is 1.33. The highest BCUT2D eigenvalue weighted by Gasteiger charge is 2.27. The first-order chi connectivity index (χ1) is 7.75. The van der Waals surface area contributed by atoms with E-state index in [2.05, 4.69) is 37.4 Å². The fourth-order valence-corrected chi connectivity index (χ4v) is 3.68. The molecule has 0 aliphatic carbocycles. The minimum absolute atomic E-state index is 0.608. The summed E-state index contributed by atoms with van der Waals surface area (Å²) in [5, 5.41) is 4.75. The van der Waals surface area contributed by atoms with Crippen LogP contribution in [0.25, 0.3) is 10.2 Å². The van der Waals surface area contributed by atoms with Gasteiger partial charge in [0.1, 0.15) is 0 Å². The van der Waals surface area contributed by atoms with Crippen molar-refractivity contribution in [2.75, 3.05) is 13.1 Å². The average molecular weight is 232 g/mol. The number of para-hydroxylation sites is 1. The number of thiazole rings is 1. The van der Waals surface area contributed by atoms with E-state index in [1.807, 2.05) is 11.3 Å². The fourth-order valence-electron chi connectivity index (χ4n) is 2.40. The van der Waals surface area contributed by atoms with Gasteiger partial charge >= 0.3 is 0 Å². The number of benzene rings is 1. The Balaban J connectivity index is 2.08. The smallest absolute Gasteiger partial charge is 0.0985 e. The molecule has 2 heterocycles. The molecule has 16 heavy (non-hydrogen) atoms. The number of aromatic nitrogens is 1. The molecule has 84 valence electrons. The zero-order valence-electron chi connectivity index (χ0n) is 9.66. The summed E-state index contributed by atoms with van der Waals surface area (Å²) in [6, 6.07) is 6.44. The highest BCUT2D eigenvalue weighted by Crippen LogP contribution is 2.34. The van der Waals surface area contributed by atoms with Gasteiger partial charge in [-0.25, -0.2) is 4.98 Å². The average Bonchev–Trinajstić information content (AvgIpc) is 2.84. The van der Waals surface area contributed by atoms with Gasteiger partial charge in [-0.15, -0.1) is 11.3 Å². The van der Waals surface area contributed by atoms with Gasteiger partial charge in [0.05, 0.1) is 15.2 Å². The predicted molar refractivity (Wildman–Crippen MR) is 69.1 cm³/mol. The minimum Gasteiger partial charge on any atom is -0.316 e. The second kappa shape index (κ2) is 3.82. The van der Waals surface area contributed by atoms with E-state index in [0.717, 1.165) is 13.1 Å². The van der Waals surface area contributed by atoms with Crippen LogP contribution in [0.3, 0.4) is 0 Å². The van der Waals surface area contributed by atoms with Crippen LogP contribution in [0.5, 0.6) is 0 Å². The summed E-state index contributed by atoms with van der Waals surface area (Å²) in [6.45, 7) is 6.66.